The topological polar surface area (TPSA) is 70.3 Å². The number of unbranched alkanes of at least 4 members (excludes halogenated alkanes) is 2. The van der Waals surface area contributed by atoms with E-state index in [2.05, 4.69) is 17.1 Å². The summed E-state index contributed by atoms with van der Waals surface area (Å²) in [5, 5.41) is 3.36. The Morgan fingerprint density at radius 3 is 2.64 bits per heavy atom. The van der Waals surface area contributed by atoms with Crippen molar-refractivity contribution in [2.24, 2.45) is 4.99 Å². The van der Waals surface area contributed by atoms with Gasteiger partial charge in [-0.25, -0.2) is 0 Å². The van der Waals surface area contributed by atoms with E-state index < -0.39 is 0 Å². The molecule has 2 heterocycles. The minimum atomic E-state index is -0.0373. The highest BCUT2D eigenvalue weighted by atomic mass is 16.5. The normalized spacial score (nSPS) is 15.5. The summed E-state index contributed by atoms with van der Waals surface area (Å²) in [6.45, 7) is 7.46. The van der Waals surface area contributed by atoms with Crippen LogP contribution in [0.5, 0.6) is 0 Å². The van der Waals surface area contributed by atoms with Crippen LogP contribution < -0.4 is 5.32 Å². The first-order chi connectivity index (χ1) is 12.3. The van der Waals surface area contributed by atoms with Gasteiger partial charge in [0.25, 0.3) is 5.91 Å². The highest BCUT2D eigenvalue weighted by Crippen LogP contribution is 2.09. The second-order valence-corrected chi connectivity index (χ2v) is 6.05. The largest absolute Gasteiger partial charge is 0.459 e. The van der Waals surface area contributed by atoms with Crippen LogP contribution in [-0.2, 0) is 4.74 Å². The van der Waals surface area contributed by atoms with Gasteiger partial charge in [-0.3, -0.25) is 9.79 Å². The average Bonchev–Trinajstić information content (AvgIpc) is 3.18. The van der Waals surface area contributed by atoms with Crippen LogP contribution in [0.3, 0.4) is 0 Å². The number of piperazine rings is 1. The Hall–Kier alpha value is -2.02. The average molecular weight is 350 g/mol. The Morgan fingerprint density at radius 2 is 2.00 bits per heavy atom. The van der Waals surface area contributed by atoms with Crippen molar-refractivity contribution in [3.63, 3.8) is 0 Å². The van der Waals surface area contributed by atoms with Crippen LogP contribution in [0.4, 0.5) is 0 Å². The van der Waals surface area contributed by atoms with E-state index in [9.17, 15) is 4.79 Å². The van der Waals surface area contributed by atoms with Gasteiger partial charge in [0.1, 0.15) is 0 Å². The minimum Gasteiger partial charge on any atom is -0.459 e. The maximum atomic E-state index is 12.3. The fraction of sp³-hybridized carbons (Fsp3) is 0.667. The van der Waals surface area contributed by atoms with Gasteiger partial charge in [-0.1, -0.05) is 0 Å². The van der Waals surface area contributed by atoms with Crippen molar-refractivity contribution in [2.45, 2.75) is 26.2 Å². The summed E-state index contributed by atoms with van der Waals surface area (Å²) in [7, 11) is 1.73. The van der Waals surface area contributed by atoms with Crippen LogP contribution in [0.2, 0.25) is 0 Å². The number of furan rings is 1. The van der Waals surface area contributed by atoms with E-state index in [1.165, 1.54) is 6.26 Å². The molecule has 2 rings (SSSR count). The van der Waals surface area contributed by atoms with E-state index in [4.69, 9.17) is 14.1 Å². The van der Waals surface area contributed by atoms with Crippen LogP contribution in [0.1, 0.15) is 36.7 Å². The van der Waals surface area contributed by atoms with Gasteiger partial charge < -0.3 is 24.3 Å². The van der Waals surface area contributed by atoms with Gasteiger partial charge in [0.15, 0.2) is 11.7 Å². The molecule has 1 aliphatic heterocycles. The molecule has 25 heavy (non-hydrogen) atoms. The first-order valence-electron chi connectivity index (χ1n) is 9.11. The molecule has 1 saturated heterocycles. The number of hydrogen-bond donors (Lipinski definition) is 1. The molecular formula is C18H30N4O3. The summed E-state index contributed by atoms with van der Waals surface area (Å²) in [5.74, 6) is 1.31. The number of ether oxygens (including phenoxy) is 1. The zero-order chi connectivity index (χ0) is 17.9. The molecule has 1 aromatic rings. The third-order valence-corrected chi connectivity index (χ3v) is 4.20. The van der Waals surface area contributed by atoms with Crippen molar-refractivity contribution in [1.82, 2.24) is 15.1 Å². The Kier molecular flexibility index (Phi) is 8.31. The monoisotopic (exact) mass is 350 g/mol. The number of guanidine groups is 1. The SMILES string of the molecule is CCNC(=NCCCCCOC)N1CCN(C(=O)c2ccco2)CC1. The van der Waals surface area contributed by atoms with Crippen LogP contribution >= 0.6 is 0 Å². The van der Waals surface area contributed by atoms with Crippen molar-refractivity contribution in [1.29, 1.82) is 0 Å². The molecule has 0 unspecified atom stereocenters. The van der Waals surface area contributed by atoms with Crippen LogP contribution in [0, 0.1) is 0 Å². The molecule has 0 aromatic carbocycles. The van der Waals surface area contributed by atoms with E-state index in [0.717, 1.165) is 58.0 Å². The molecule has 140 valence electrons. The van der Waals surface area contributed by atoms with Crippen LogP contribution in [0.15, 0.2) is 27.8 Å². The molecule has 0 atom stereocenters. The number of amides is 1. The second-order valence-electron chi connectivity index (χ2n) is 6.05. The number of rotatable bonds is 8. The van der Waals surface area contributed by atoms with Gasteiger partial charge in [-0.2, -0.15) is 0 Å². The lowest BCUT2D eigenvalue weighted by Gasteiger charge is -2.36. The molecule has 1 amide bonds. The Balaban J connectivity index is 1.79. The lowest BCUT2D eigenvalue weighted by molar-refractivity contribution is 0.0657. The Morgan fingerprint density at radius 1 is 1.24 bits per heavy atom. The van der Waals surface area contributed by atoms with Gasteiger partial charge >= 0.3 is 0 Å². The molecule has 1 aliphatic rings. The van der Waals surface area contributed by atoms with Crippen molar-refractivity contribution >= 4 is 11.9 Å². The first kappa shape index (κ1) is 19.3. The van der Waals surface area contributed by atoms with E-state index in [1.807, 2.05) is 4.90 Å². The molecule has 1 N–H and O–H groups in total. The smallest absolute Gasteiger partial charge is 0.289 e. The van der Waals surface area contributed by atoms with E-state index in [-0.39, 0.29) is 5.91 Å². The van der Waals surface area contributed by atoms with E-state index in [1.54, 1.807) is 19.2 Å². The van der Waals surface area contributed by atoms with Crippen molar-refractivity contribution in [2.75, 3.05) is 53.0 Å². The van der Waals surface area contributed by atoms with Crippen molar-refractivity contribution in [3.8, 4) is 0 Å². The summed E-state index contributed by atoms with van der Waals surface area (Å²) < 4.78 is 10.3. The Labute approximate surface area is 150 Å². The maximum absolute atomic E-state index is 12.3. The molecule has 7 nitrogen and oxygen atoms in total. The molecule has 1 fully saturated rings. The fourth-order valence-electron chi connectivity index (χ4n) is 2.82. The highest BCUT2D eigenvalue weighted by molar-refractivity contribution is 5.91. The molecule has 0 bridgehead atoms. The number of aliphatic imine (C=N–C) groups is 1. The summed E-state index contributed by atoms with van der Waals surface area (Å²) in [6, 6.07) is 3.45. The quantitative estimate of drug-likeness (QED) is 0.440. The van der Waals surface area contributed by atoms with Crippen LogP contribution in [-0.4, -0.2) is 74.7 Å². The number of methoxy groups -OCH3 is 1. The van der Waals surface area contributed by atoms with Gasteiger partial charge in [0, 0.05) is 53.0 Å². The first-order valence-corrected chi connectivity index (χ1v) is 9.11. The molecular weight excluding hydrogens is 320 g/mol. The molecule has 1 aromatic heterocycles. The van der Waals surface area contributed by atoms with E-state index >= 15 is 0 Å². The Bertz CT molecular complexity index is 522. The summed E-state index contributed by atoms with van der Waals surface area (Å²) >= 11 is 0. The lowest BCUT2D eigenvalue weighted by Crippen LogP contribution is -2.53. The van der Waals surface area contributed by atoms with Crippen molar-refractivity contribution < 1.29 is 13.9 Å². The molecule has 0 radical (unpaired) electrons. The standard InChI is InChI=1S/C18H30N4O3/c1-3-19-18(20-9-5-4-6-14-24-2)22-12-10-21(11-13-22)17(23)16-8-7-15-25-16/h7-8,15H,3-6,9-14H2,1-2H3,(H,19,20). The van der Waals surface area contributed by atoms with Gasteiger partial charge in [-0.05, 0) is 38.3 Å². The molecule has 7 heteroatoms. The number of carbonyl (C=O) groups is 1. The highest BCUT2D eigenvalue weighted by Gasteiger charge is 2.25. The molecule has 0 aliphatic carbocycles. The summed E-state index contributed by atoms with van der Waals surface area (Å²) in [5.41, 5.74) is 0. The third-order valence-electron chi connectivity index (χ3n) is 4.20. The number of hydrogen-bond acceptors (Lipinski definition) is 4. The predicted molar refractivity (Wildman–Crippen MR) is 97.9 cm³/mol. The zero-order valence-electron chi connectivity index (χ0n) is 15.4. The molecule has 0 spiro atoms. The number of carbonyl (C=O) groups excluding carboxylic acids is 1. The summed E-state index contributed by atoms with van der Waals surface area (Å²) in [4.78, 5) is 21.1. The second kappa shape index (κ2) is 10.8. The number of nitrogens with zero attached hydrogens (tertiary/aromatic N) is 3. The van der Waals surface area contributed by atoms with Crippen molar-refractivity contribution in [3.05, 3.63) is 24.2 Å². The predicted octanol–water partition coefficient (Wildman–Crippen LogP) is 1.82. The van der Waals surface area contributed by atoms with Crippen LogP contribution in [0.25, 0.3) is 0 Å². The zero-order valence-corrected chi connectivity index (χ0v) is 15.4. The van der Waals surface area contributed by atoms with E-state index in [0.29, 0.717) is 18.8 Å². The lowest BCUT2D eigenvalue weighted by atomic mass is 10.2. The summed E-state index contributed by atoms with van der Waals surface area (Å²) in [6.07, 6.45) is 4.81. The maximum Gasteiger partial charge on any atom is 0.289 e. The van der Waals surface area contributed by atoms with Gasteiger partial charge in [0.05, 0.1) is 6.26 Å². The van der Waals surface area contributed by atoms with Gasteiger partial charge in [-0.15, -0.1) is 0 Å². The molecule has 0 saturated carbocycles. The minimum absolute atomic E-state index is 0.0373. The fourth-order valence-corrected chi connectivity index (χ4v) is 2.82. The number of nitrogens with one attached hydrogen (secondary N) is 1. The third kappa shape index (κ3) is 6.08. The van der Waals surface area contributed by atoms with Gasteiger partial charge in [0.2, 0.25) is 0 Å².